The normalized spacial score (nSPS) is 11.8. The first-order valence-electron chi connectivity index (χ1n) is 8.16. The van der Waals surface area contributed by atoms with Crippen LogP contribution in [0.4, 0.5) is 0 Å². The summed E-state index contributed by atoms with van der Waals surface area (Å²) in [7, 11) is 0. The van der Waals surface area contributed by atoms with Crippen molar-refractivity contribution in [1.82, 2.24) is 5.16 Å². The first kappa shape index (κ1) is 17.6. The minimum absolute atomic E-state index is 0.0670. The minimum atomic E-state index is -1.19. The highest BCUT2D eigenvalue weighted by molar-refractivity contribution is 5.93. The third-order valence-electron chi connectivity index (χ3n) is 3.98. The van der Waals surface area contributed by atoms with Gasteiger partial charge in [-0.15, -0.1) is 0 Å². The van der Waals surface area contributed by atoms with E-state index in [0.717, 1.165) is 16.9 Å². The SMILES string of the molecule is C=C(C(C)=O)C(O)c1cc(-c2ccc(OCc3ccccc3)cc2)no1. The van der Waals surface area contributed by atoms with Gasteiger partial charge in [-0.3, -0.25) is 4.79 Å². The minimum Gasteiger partial charge on any atom is -0.489 e. The molecule has 1 heterocycles. The maximum Gasteiger partial charge on any atom is 0.170 e. The molecule has 0 saturated heterocycles. The number of ketones is 1. The van der Waals surface area contributed by atoms with Crippen molar-refractivity contribution in [3.8, 4) is 17.0 Å². The Labute approximate surface area is 151 Å². The molecule has 0 radical (unpaired) electrons. The molecule has 1 unspecified atom stereocenters. The Morgan fingerprint density at radius 1 is 1.19 bits per heavy atom. The van der Waals surface area contributed by atoms with Crippen LogP contribution in [0.1, 0.15) is 24.4 Å². The van der Waals surface area contributed by atoms with Gasteiger partial charge in [-0.2, -0.15) is 0 Å². The van der Waals surface area contributed by atoms with E-state index in [1.165, 1.54) is 6.92 Å². The zero-order valence-corrected chi connectivity index (χ0v) is 14.4. The molecule has 0 aliphatic carbocycles. The number of hydrogen-bond donors (Lipinski definition) is 1. The number of Topliss-reactive ketones (excluding diaryl/α,β-unsaturated/α-hetero) is 1. The van der Waals surface area contributed by atoms with Crippen molar-refractivity contribution in [2.45, 2.75) is 19.6 Å². The number of rotatable bonds is 7. The second kappa shape index (κ2) is 7.80. The van der Waals surface area contributed by atoms with Crippen LogP contribution in [0, 0.1) is 0 Å². The predicted molar refractivity (Wildman–Crippen MR) is 97.5 cm³/mol. The van der Waals surface area contributed by atoms with Crippen molar-refractivity contribution in [3.05, 3.63) is 84.1 Å². The van der Waals surface area contributed by atoms with Crippen molar-refractivity contribution >= 4 is 5.78 Å². The van der Waals surface area contributed by atoms with Crippen LogP contribution < -0.4 is 4.74 Å². The van der Waals surface area contributed by atoms with Gasteiger partial charge in [-0.25, -0.2) is 0 Å². The Morgan fingerprint density at radius 3 is 2.54 bits per heavy atom. The van der Waals surface area contributed by atoms with Crippen LogP contribution >= 0.6 is 0 Å². The van der Waals surface area contributed by atoms with Gasteiger partial charge in [-0.05, 0) is 36.8 Å². The van der Waals surface area contributed by atoms with Crippen molar-refractivity contribution < 1.29 is 19.2 Å². The smallest absolute Gasteiger partial charge is 0.170 e. The Kier molecular flexibility index (Phi) is 5.29. The molecule has 0 aliphatic rings. The molecule has 0 bridgehead atoms. The van der Waals surface area contributed by atoms with Gasteiger partial charge < -0.3 is 14.4 Å². The third kappa shape index (κ3) is 4.07. The highest BCUT2D eigenvalue weighted by Crippen LogP contribution is 2.27. The molecule has 0 aliphatic heterocycles. The Bertz CT molecular complexity index is 897. The van der Waals surface area contributed by atoms with E-state index < -0.39 is 6.10 Å². The van der Waals surface area contributed by atoms with Gasteiger partial charge >= 0.3 is 0 Å². The number of nitrogens with zero attached hydrogens (tertiary/aromatic N) is 1. The number of carbonyl (C=O) groups is 1. The van der Waals surface area contributed by atoms with E-state index in [1.807, 2.05) is 54.6 Å². The summed E-state index contributed by atoms with van der Waals surface area (Å²) in [6.45, 7) is 5.40. The Morgan fingerprint density at radius 2 is 1.88 bits per heavy atom. The molecule has 1 N–H and O–H groups in total. The molecule has 1 aromatic heterocycles. The molecule has 1 atom stereocenters. The molecule has 26 heavy (non-hydrogen) atoms. The number of aliphatic hydroxyl groups is 1. The molecule has 0 amide bonds. The number of benzene rings is 2. The lowest BCUT2D eigenvalue weighted by Gasteiger charge is -2.07. The molecule has 3 rings (SSSR count). The van der Waals surface area contributed by atoms with E-state index in [9.17, 15) is 9.90 Å². The summed E-state index contributed by atoms with van der Waals surface area (Å²) < 4.78 is 10.9. The zero-order valence-electron chi connectivity index (χ0n) is 14.4. The van der Waals surface area contributed by atoms with Crippen LogP contribution in [0.2, 0.25) is 0 Å². The highest BCUT2D eigenvalue weighted by atomic mass is 16.5. The number of aromatic nitrogens is 1. The summed E-state index contributed by atoms with van der Waals surface area (Å²) >= 11 is 0. The van der Waals surface area contributed by atoms with Crippen LogP contribution in [-0.2, 0) is 11.4 Å². The van der Waals surface area contributed by atoms with Gasteiger partial charge in [0.25, 0.3) is 0 Å². The van der Waals surface area contributed by atoms with Crippen molar-refractivity contribution in [2.24, 2.45) is 0 Å². The van der Waals surface area contributed by atoms with Crippen LogP contribution in [-0.4, -0.2) is 16.0 Å². The fourth-order valence-corrected chi connectivity index (χ4v) is 2.38. The van der Waals surface area contributed by atoms with Crippen molar-refractivity contribution in [2.75, 3.05) is 0 Å². The zero-order chi connectivity index (χ0) is 18.5. The number of aliphatic hydroxyl groups excluding tert-OH is 1. The quantitative estimate of drug-likeness (QED) is 0.650. The summed E-state index contributed by atoms with van der Waals surface area (Å²) in [6, 6.07) is 18.9. The first-order chi connectivity index (χ1) is 12.5. The third-order valence-corrected chi connectivity index (χ3v) is 3.98. The van der Waals surface area contributed by atoms with Crippen LogP contribution in [0.25, 0.3) is 11.3 Å². The second-order valence-electron chi connectivity index (χ2n) is 5.90. The van der Waals surface area contributed by atoms with E-state index in [2.05, 4.69) is 11.7 Å². The van der Waals surface area contributed by atoms with Gasteiger partial charge in [0.05, 0.1) is 0 Å². The Hall–Kier alpha value is -3.18. The van der Waals surface area contributed by atoms with E-state index >= 15 is 0 Å². The molecular weight excluding hydrogens is 330 g/mol. The number of hydrogen-bond acceptors (Lipinski definition) is 5. The van der Waals surface area contributed by atoms with Gasteiger partial charge in [0, 0.05) is 17.2 Å². The van der Waals surface area contributed by atoms with E-state index in [1.54, 1.807) is 6.07 Å². The molecule has 0 fully saturated rings. The lowest BCUT2D eigenvalue weighted by atomic mass is 10.0. The summed E-state index contributed by atoms with van der Waals surface area (Å²) in [5, 5.41) is 14.0. The maximum atomic E-state index is 11.3. The standard InChI is InChI=1S/C21H19NO4/c1-14(15(2)23)21(24)20-12-19(22-26-20)17-8-10-18(11-9-17)25-13-16-6-4-3-5-7-16/h3-12,21,24H,1,13H2,2H3. The van der Waals surface area contributed by atoms with E-state index in [0.29, 0.717) is 12.3 Å². The molecule has 0 spiro atoms. The number of ether oxygens (including phenoxy) is 1. The van der Waals surface area contributed by atoms with Crippen molar-refractivity contribution in [1.29, 1.82) is 0 Å². The van der Waals surface area contributed by atoms with Crippen molar-refractivity contribution in [3.63, 3.8) is 0 Å². The lowest BCUT2D eigenvalue weighted by Crippen LogP contribution is -2.06. The van der Waals surface area contributed by atoms with Crippen LogP contribution in [0.5, 0.6) is 5.75 Å². The largest absolute Gasteiger partial charge is 0.489 e. The van der Waals surface area contributed by atoms with Gasteiger partial charge in [0.1, 0.15) is 24.2 Å². The maximum absolute atomic E-state index is 11.3. The molecule has 0 saturated carbocycles. The first-order valence-corrected chi connectivity index (χ1v) is 8.16. The molecule has 5 heteroatoms. The Balaban J connectivity index is 1.67. The lowest BCUT2D eigenvalue weighted by molar-refractivity contribution is -0.114. The predicted octanol–water partition coefficient (Wildman–Crippen LogP) is 4.10. The highest BCUT2D eigenvalue weighted by Gasteiger charge is 2.20. The van der Waals surface area contributed by atoms with Crippen LogP contribution in [0.15, 0.2) is 77.3 Å². The number of carbonyl (C=O) groups excluding carboxylic acids is 1. The van der Waals surface area contributed by atoms with E-state index in [-0.39, 0.29) is 17.1 Å². The second-order valence-corrected chi connectivity index (χ2v) is 5.90. The van der Waals surface area contributed by atoms with Gasteiger partial charge in [-0.1, -0.05) is 42.1 Å². The summed E-state index contributed by atoms with van der Waals surface area (Å²) in [5.74, 6) is 0.631. The molecule has 132 valence electrons. The van der Waals surface area contributed by atoms with Crippen LogP contribution in [0.3, 0.4) is 0 Å². The van der Waals surface area contributed by atoms with E-state index in [4.69, 9.17) is 9.26 Å². The molecule has 5 nitrogen and oxygen atoms in total. The average molecular weight is 349 g/mol. The fourth-order valence-electron chi connectivity index (χ4n) is 2.38. The van der Waals surface area contributed by atoms with Gasteiger partial charge in [0.2, 0.25) is 0 Å². The topological polar surface area (TPSA) is 72.6 Å². The summed E-state index contributed by atoms with van der Waals surface area (Å²) in [4.78, 5) is 11.3. The fraction of sp³-hybridized carbons (Fsp3) is 0.143. The van der Waals surface area contributed by atoms with Gasteiger partial charge in [0.15, 0.2) is 11.5 Å². The molecular formula is C21H19NO4. The monoisotopic (exact) mass is 349 g/mol. The summed E-state index contributed by atoms with van der Waals surface area (Å²) in [6.07, 6.45) is -1.19. The molecule has 3 aromatic rings. The average Bonchev–Trinajstić information content (AvgIpc) is 3.16. The molecule has 2 aromatic carbocycles. The summed E-state index contributed by atoms with van der Waals surface area (Å²) in [5.41, 5.74) is 2.53.